The molecule has 4 aliphatic rings. The third-order valence-electron chi connectivity index (χ3n) is 13.1. The van der Waals surface area contributed by atoms with E-state index >= 15 is 0 Å². The van der Waals surface area contributed by atoms with E-state index in [9.17, 15) is 19.8 Å². The molecule has 2 amide bonds. The molecule has 0 saturated carbocycles. The molecule has 0 atom stereocenters. The van der Waals surface area contributed by atoms with E-state index in [2.05, 4.69) is 33.6 Å². The van der Waals surface area contributed by atoms with Gasteiger partial charge >= 0.3 is 0 Å². The van der Waals surface area contributed by atoms with Gasteiger partial charge in [-0.15, -0.1) is 40.5 Å². The number of allylic oxidation sites excluding steroid dienone is 4. The van der Waals surface area contributed by atoms with Crippen molar-refractivity contribution in [2.24, 2.45) is 5.41 Å². The molecule has 14 nitrogen and oxygen atoms in total. The molecular formula is C59H61N9O5S2W2-2. The van der Waals surface area contributed by atoms with Crippen molar-refractivity contribution in [3.63, 3.8) is 0 Å². The number of hydrogen-bond donors (Lipinski definition) is 4. The number of anilines is 2. The van der Waals surface area contributed by atoms with Crippen molar-refractivity contribution in [2.75, 3.05) is 62.7 Å². The van der Waals surface area contributed by atoms with Crippen molar-refractivity contribution in [1.82, 2.24) is 15.1 Å². The van der Waals surface area contributed by atoms with Gasteiger partial charge in [-0.3, -0.25) is 19.4 Å². The quantitative estimate of drug-likeness (QED) is 0.106. The summed E-state index contributed by atoms with van der Waals surface area (Å²) in [5.41, 5.74) is 24.4. The van der Waals surface area contributed by atoms with Crippen LogP contribution in [0.15, 0.2) is 114 Å². The summed E-state index contributed by atoms with van der Waals surface area (Å²) < 4.78 is 5.37. The number of amides is 2. The summed E-state index contributed by atoms with van der Waals surface area (Å²) in [5.74, 6) is 2.50. The number of nitriles is 2. The van der Waals surface area contributed by atoms with Gasteiger partial charge in [-0.05, 0) is 90.1 Å². The van der Waals surface area contributed by atoms with Crippen molar-refractivity contribution in [3.8, 4) is 34.6 Å². The van der Waals surface area contributed by atoms with Crippen LogP contribution in [0.2, 0.25) is 0 Å². The number of hydrogen-bond acceptors (Lipinski definition) is 12. The van der Waals surface area contributed by atoms with Gasteiger partial charge in [0, 0.05) is 119 Å². The molecule has 2 aromatic heterocycles. The van der Waals surface area contributed by atoms with E-state index in [1.165, 1.54) is 22.7 Å². The molecule has 6 aromatic rings. The predicted octanol–water partition coefficient (Wildman–Crippen LogP) is 11.7. The summed E-state index contributed by atoms with van der Waals surface area (Å²) in [6, 6.07) is 31.4. The maximum Gasteiger partial charge on any atom is 0.238 e. The van der Waals surface area contributed by atoms with E-state index in [0.717, 1.165) is 91.7 Å². The standard InChI is InChI=1S/C20H22N4O3S.C19H19N3O2S.C10H8N.C10H12N.2W/c21-11-17-16-5-6-23(12-18(16)28-20(17)26)13-19(25)22-14-1-3-15(4-2-14)24-7-9-27-10-8-24;1-4-12-7-13(8-19(12,2)3)21-17(23)11-22-6-5-14-15(9-20)18(24)25-16(14)10-22;11-10-7-3-5-8-4-1-2-6-9(8)10;1-3-5-9-8(2)6-4-7-10(9)11;;/h1-4,26H,5-10,12-13H2,(H,22,25);1,7-8,24H,5-6,10-11H2,2-3H3,(H,21,23);1-7,11H;3-7,11H,1-2H3;;/q;;2*-1;;/b;;;5-3-;;. The number of morpholine rings is 1. The molecule has 0 radical (unpaired) electrons. The van der Waals surface area contributed by atoms with Gasteiger partial charge in [0.2, 0.25) is 11.8 Å². The van der Waals surface area contributed by atoms with Crippen LogP contribution in [0, 0.1) is 47.3 Å². The topological polar surface area (TPSA) is 213 Å². The number of carbonyl (C=O) groups excluding carboxylic acids is 2. The number of nitrogens with one attached hydrogen (secondary N) is 4. The molecule has 0 unspecified atom stereocenters. The van der Waals surface area contributed by atoms with Crippen LogP contribution >= 0.6 is 22.7 Å². The van der Waals surface area contributed by atoms with Crippen molar-refractivity contribution in [2.45, 2.75) is 53.6 Å². The second-order valence-electron chi connectivity index (χ2n) is 18.8. The van der Waals surface area contributed by atoms with E-state index in [4.69, 9.17) is 33.2 Å². The predicted molar refractivity (Wildman–Crippen MR) is 302 cm³/mol. The van der Waals surface area contributed by atoms with Gasteiger partial charge in [-0.25, -0.2) is 0 Å². The number of terminal acetylenes is 1. The van der Waals surface area contributed by atoms with Gasteiger partial charge in [0.25, 0.3) is 0 Å². The Bertz CT molecular complexity index is 3240. The van der Waals surface area contributed by atoms with Gasteiger partial charge < -0.3 is 42.0 Å². The number of ether oxygens (including phenoxy) is 1. The van der Waals surface area contributed by atoms with E-state index in [-0.39, 0.29) is 82.6 Å². The number of benzene rings is 4. The van der Waals surface area contributed by atoms with Gasteiger partial charge in [0.05, 0.1) is 26.3 Å². The fourth-order valence-electron chi connectivity index (χ4n) is 9.21. The number of aromatic hydroxyl groups is 2. The van der Waals surface area contributed by atoms with Crippen LogP contribution in [0.4, 0.5) is 22.7 Å². The van der Waals surface area contributed by atoms with Crippen LogP contribution in [-0.4, -0.2) is 84.3 Å². The third kappa shape index (κ3) is 16.0. The third-order valence-corrected chi connectivity index (χ3v) is 15.2. The molecule has 5 heterocycles. The SMILES string of the molecule is C#CC1=CC(NC(=O)CN2CCc3c(sc(O)c3C#N)C2)=CC1(C)C.C/C=C\c1c(C)cccc1[NH-].N#Cc1c(O)sc2c1CCN(CC(=O)Nc1ccc(N3CCOCC3)cc1)C2.[NH-]c1cccc2ccccc12.[W].[W]. The Labute approximate surface area is 488 Å². The Kier molecular flexibility index (Phi) is 22.9. The molecule has 1 fully saturated rings. The molecule has 77 heavy (non-hydrogen) atoms. The Morgan fingerprint density at radius 1 is 0.779 bits per heavy atom. The Balaban J connectivity index is 0.000000203. The molecule has 4 aromatic carbocycles. The van der Waals surface area contributed by atoms with E-state index in [1.807, 2.05) is 147 Å². The fourth-order valence-corrected chi connectivity index (χ4v) is 11.4. The number of nitrogens with zero attached hydrogens (tertiary/aromatic N) is 5. The smallest absolute Gasteiger partial charge is 0.238 e. The minimum absolute atomic E-state index is 0. The van der Waals surface area contributed by atoms with Crippen LogP contribution in [0.3, 0.4) is 0 Å². The van der Waals surface area contributed by atoms with Gasteiger partial charge in [0.1, 0.15) is 23.3 Å². The first kappa shape index (κ1) is 61.4. The maximum atomic E-state index is 12.4. The van der Waals surface area contributed by atoms with Crippen LogP contribution in [0.25, 0.3) is 28.3 Å². The average Bonchev–Trinajstić information content (AvgIpc) is 4.02. The largest absolute Gasteiger partial charge is 0.698 e. The zero-order valence-electron chi connectivity index (χ0n) is 43.4. The van der Waals surface area contributed by atoms with Crippen LogP contribution in [0.5, 0.6) is 10.1 Å². The molecule has 1 aliphatic carbocycles. The molecule has 0 spiro atoms. The first-order valence-electron chi connectivity index (χ1n) is 24.6. The van der Waals surface area contributed by atoms with Crippen LogP contribution < -0.4 is 15.5 Å². The van der Waals surface area contributed by atoms with E-state index in [0.29, 0.717) is 61.5 Å². The van der Waals surface area contributed by atoms with Gasteiger partial charge in [-0.1, -0.05) is 98.7 Å². The number of aryl methyl sites for hydroxylation is 1. The molecule has 1 saturated heterocycles. The Hall–Kier alpha value is -6.50. The number of thiophene rings is 2. The summed E-state index contributed by atoms with van der Waals surface area (Å²) >= 11 is 2.46. The Morgan fingerprint density at radius 2 is 1.32 bits per heavy atom. The van der Waals surface area contributed by atoms with Gasteiger partial charge in [-0.2, -0.15) is 10.5 Å². The molecular weight excluding hydrogens is 1350 g/mol. The monoisotopic (exact) mass is 1410 g/mol. The molecule has 0 bridgehead atoms. The number of fused-ring (bicyclic) bond motifs is 3. The van der Waals surface area contributed by atoms with Crippen molar-refractivity contribution in [1.29, 1.82) is 10.5 Å². The summed E-state index contributed by atoms with van der Waals surface area (Å²) in [6.45, 7) is 14.3. The number of rotatable bonds is 8. The summed E-state index contributed by atoms with van der Waals surface area (Å²) in [5, 5.41) is 46.1. The normalized spacial score (nSPS) is 15.2. The summed E-state index contributed by atoms with van der Waals surface area (Å²) in [6.07, 6.45) is 14.6. The van der Waals surface area contributed by atoms with Gasteiger partial charge in [0.15, 0.2) is 10.1 Å². The first-order valence-corrected chi connectivity index (χ1v) is 26.2. The van der Waals surface area contributed by atoms with Crippen molar-refractivity contribution >= 4 is 74.1 Å². The Morgan fingerprint density at radius 3 is 1.86 bits per heavy atom. The maximum absolute atomic E-state index is 12.4. The average molecular weight is 1410 g/mol. The first-order chi connectivity index (χ1) is 36.1. The molecule has 6 N–H and O–H groups in total. The molecule has 398 valence electrons. The minimum Gasteiger partial charge on any atom is -0.698 e. The summed E-state index contributed by atoms with van der Waals surface area (Å²) in [4.78, 5) is 33.0. The minimum atomic E-state index is -0.237. The second-order valence-corrected chi connectivity index (χ2v) is 21.0. The van der Waals surface area contributed by atoms with E-state index in [1.54, 1.807) is 0 Å². The van der Waals surface area contributed by atoms with E-state index < -0.39 is 0 Å². The number of carbonyl (C=O) groups is 2. The van der Waals surface area contributed by atoms with Crippen molar-refractivity contribution < 1.29 is 66.7 Å². The fraction of sp³-hybridized carbons (Fsp3) is 0.288. The molecule has 10 rings (SSSR count). The molecule has 3 aliphatic heterocycles. The zero-order valence-corrected chi connectivity index (χ0v) is 50.9. The summed E-state index contributed by atoms with van der Waals surface area (Å²) in [7, 11) is 0. The second kappa shape index (κ2) is 28.7. The zero-order chi connectivity index (χ0) is 53.6. The van der Waals surface area contributed by atoms with Crippen LogP contribution in [0.1, 0.15) is 63.9 Å². The van der Waals surface area contributed by atoms with Crippen molar-refractivity contribution in [3.05, 3.63) is 169 Å². The van der Waals surface area contributed by atoms with Crippen LogP contribution in [-0.2, 0) is 82.4 Å². The molecule has 18 heteroatoms.